The highest BCUT2D eigenvalue weighted by molar-refractivity contribution is 5.93. The van der Waals surface area contributed by atoms with Crippen molar-refractivity contribution in [1.82, 2.24) is 0 Å². The molecule has 0 fully saturated rings. The van der Waals surface area contributed by atoms with Crippen LogP contribution in [0.15, 0.2) is 42.5 Å². The Hall–Kier alpha value is -1.58. The Kier molecular flexibility index (Phi) is 3.96. The molecule has 0 aliphatic rings. The Balaban J connectivity index is 2.28. The smallest absolute Gasteiger partial charge is 0.0633 e. The summed E-state index contributed by atoms with van der Waals surface area (Å²) in [6, 6.07) is 14.0. The lowest BCUT2D eigenvalue weighted by Gasteiger charge is -2.17. The Bertz CT molecular complexity index is 479. The van der Waals surface area contributed by atoms with Crippen LogP contribution in [-0.4, -0.2) is 29.5 Å². The third kappa shape index (κ3) is 2.75. The number of rotatable bonds is 5. The molecule has 0 radical (unpaired) electrons. The topological polar surface area (TPSA) is 52.5 Å². The molecule has 2 aromatic carbocycles. The van der Waals surface area contributed by atoms with Crippen LogP contribution in [0.4, 0.5) is 5.69 Å². The number of aliphatic hydroxyl groups is 2. The van der Waals surface area contributed by atoms with Gasteiger partial charge in [-0.2, -0.15) is 0 Å². The van der Waals surface area contributed by atoms with Crippen LogP contribution in [0.25, 0.3) is 10.8 Å². The first-order valence-corrected chi connectivity index (χ1v) is 5.81. The molecular weight excluding hydrogens is 214 g/mol. The van der Waals surface area contributed by atoms with Gasteiger partial charge in [0.05, 0.1) is 12.6 Å². The molecule has 3 nitrogen and oxygen atoms in total. The van der Waals surface area contributed by atoms with Crippen LogP contribution in [0.2, 0.25) is 0 Å². The first kappa shape index (κ1) is 11.9. The van der Waals surface area contributed by atoms with Gasteiger partial charge in [-0.25, -0.2) is 0 Å². The number of aliphatic hydroxyl groups excluding tert-OH is 2. The normalized spacial score (nSPS) is 12.6. The molecule has 0 saturated carbocycles. The average Bonchev–Trinajstić information content (AvgIpc) is 2.38. The monoisotopic (exact) mass is 231 g/mol. The molecule has 0 heterocycles. The Morgan fingerprint density at radius 2 is 1.76 bits per heavy atom. The van der Waals surface area contributed by atoms with Gasteiger partial charge in [0.2, 0.25) is 0 Å². The summed E-state index contributed by atoms with van der Waals surface area (Å²) in [6.45, 7) is 0.0901. The van der Waals surface area contributed by atoms with Crippen LogP contribution in [-0.2, 0) is 0 Å². The first-order chi connectivity index (χ1) is 8.35. The highest BCUT2D eigenvalue weighted by Crippen LogP contribution is 2.23. The second-order valence-electron chi connectivity index (χ2n) is 4.06. The van der Waals surface area contributed by atoms with Crippen molar-refractivity contribution in [2.24, 2.45) is 0 Å². The molecule has 3 N–H and O–H groups in total. The van der Waals surface area contributed by atoms with E-state index in [0.717, 1.165) is 16.5 Å². The van der Waals surface area contributed by atoms with Gasteiger partial charge in [-0.1, -0.05) is 36.4 Å². The SMILES string of the molecule is OCCC(CO)Nc1cccc2ccccc12. The summed E-state index contributed by atoms with van der Waals surface area (Å²) in [5.74, 6) is 0. The number of hydrogen-bond acceptors (Lipinski definition) is 3. The van der Waals surface area contributed by atoms with Crippen molar-refractivity contribution in [1.29, 1.82) is 0 Å². The number of nitrogens with one attached hydrogen (secondary N) is 1. The molecule has 0 aromatic heterocycles. The van der Waals surface area contributed by atoms with Crippen LogP contribution in [0.1, 0.15) is 6.42 Å². The quantitative estimate of drug-likeness (QED) is 0.737. The predicted molar refractivity (Wildman–Crippen MR) is 70.1 cm³/mol. The van der Waals surface area contributed by atoms with E-state index < -0.39 is 0 Å². The van der Waals surface area contributed by atoms with Gasteiger partial charge in [0, 0.05) is 17.7 Å². The standard InChI is InChI=1S/C14H17NO2/c16-9-8-12(10-17)15-14-7-3-5-11-4-1-2-6-13(11)14/h1-7,12,15-17H,8-10H2. The lowest BCUT2D eigenvalue weighted by molar-refractivity contribution is 0.229. The Morgan fingerprint density at radius 3 is 2.53 bits per heavy atom. The lowest BCUT2D eigenvalue weighted by atomic mass is 10.1. The molecular formula is C14H17NO2. The van der Waals surface area contributed by atoms with Gasteiger partial charge in [-0.05, 0) is 17.9 Å². The van der Waals surface area contributed by atoms with Gasteiger partial charge < -0.3 is 15.5 Å². The highest BCUT2D eigenvalue weighted by Gasteiger charge is 2.08. The number of anilines is 1. The molecule has 0 bridgehead atoms. The number of benzene rings is 2. The fourth-order valence-corrected chi connectivity index (χ4v) is 1.94. The van der Waals surface area contributed by atoms with E-state index in [2.05, 4.69) is 17.4 Å². The molecule has 1 unspecified atom stereocenters. The van der Waals surface area contributed by atoms with Crippen LogP contribution < -0.4 is 5.32 Å². The fraction of sp³-hybridized carbons (Fsp3) is 0.286. The maximum absolute atomic E-state index is 9.22. The molecule has 2 aromatic rings. The zero-order chi connectivity index (χ0) is 12.1. The molecule has 0 amide bonds. The van der Waals surface area contributed by atoms with Crippen molar-refractivity contribution < 1.29 is 10.2 Å². The first-order valence-electron chi connectivity index (χ1n) is 5.81. The van der Waals surface area contributed by atoms with Gasteiger partial charge in [0.15, 0.2) is 0 Å². The minimum Gasteiger partial charge on any atom is -0.396 e. The van der Waals surface area contributed by atoms with E-state index in [1.807, 2.05) is 30.3 Å². The summed E-state index contributed by atoms with van der Waals surface area (Å²) in [5, 5.41) is 23.7. The van der Waals surface area contributed by atoms with Crippen LogP contribution in [0.3, 0.4) is 0 Å². The van der Waals surface area contributed by atoms with Gasteiger partial charge in [0.1, 0.15) is 0 Å². The van der Waals surface area contributed by atoms with Crippen molar-refractivity contribution in [3.8, 4) is 0 Å². The van der Waals surface area contributed by atoms with E-state index in [1.165, 1.54) is 0 Å². The van der Waals surface area contributed by atoms with Gasteiger partial charge in [-0.3, -0.25) is 0 Å². The van der Waals surface area contributed by atoms with Crippen LogP contribution in [0, 0.1) is 0 Å². The van der Waals surface area contributed by atoms with Gasteiger partial charge in [0.25, 0.3) is 0 Å². The molecule has 0 spiro atoms. The molecule has 0 aliphatic carbocycles. The molecule has 0 aliphatic heterocycles. The molecule has 2 rings (SSSR count). The van der Waals surface area contributed by atoms with E-state index in [1.54, 1.807) is 0 Å². The maximum Gasteiger partial charge on any atom is 0.0633 e. The molecule has 17 heavy (non-hydrogen) atoms. The summed E-state index contributed by atoms with van der Waals surface area (Å²) in [6.07, 6.45) is 0.541. The van der Waals surface area contributed by atoms with Crippen LogP contribution in [0.5, 0.6) is 0 Å². The van der Waals surface area contributed by atoms with Gasteiger partial charge in [-0.15, -0.1) is 0 Å². The third-order valence-corrected chi connectivity index (χ3v) is 2.85. The second-order valence-corrected chi connectivity index (χ2v) is 4.06. The largest absolute Gasteiger partial charge is 0.396 e. The minimum atomic E-state index is -0.106. The molecule has 90 valence electrons. The summed E-state index contributed by atoms with van der Waals surface area (Å²) in [5.41, 5.74) is 0.996. The number of hydrogen-bond donors (Lipinski definition) is 3. The minimum absolute atomic E-state index is 0.0176. The molecule has 1 atom stereocenters. The zero-order valence-electron chi connectivity index (χ0n) is 9.63. The maximum atomic E-state index is 9.22. The van der Waals surface area contributed by atoms with Crippen molar-refractivity contribution >= 4 is 16.5 Å². The molecule has 0 saturated heterocycles. The zero-order valence-corrected chi connectivity index (χ0v) is 9.63. The molecule has 3 heteroatoms. The average molecular weight is 231 g/mol. The third-order valence-electron chi connectivity index (χ3n) is 2.85. The summed E-state index contributed by atoms with van der Waals surface area (Å²) < 4.78 is 0. The summed E-state index contributed by atoms with van der Waals surface area (Å²) in [4.78, 5) is 0. The van der Waals surface area contributed by atoms with Crippen molar-refractivity contribution in [3.63, 3.8) is 0 Å². The Labute approximate surface area is 101 Å². The summed E-state index contributed by atoms with van der Waals surface area (Å²) >= 11 is 0. The van der Waals surface area contributed by atoms with Crippen molar-refractivity contribution in [2.45, 2.75) is 12.5 Å². The van der Waals surface area contributed by atoms with E-state index in [9.17, 15) is 5.11 Å². The van der Waals surface area contributed by atoms with Crippen molar-refractivity contribution in [3.05, 3.63) is 42.5 Å². The van der Waals surface area contributed by atoms with E-state index in [-0.39, 0.29) is 19.3 Å². The van der Waals surface area contributed by atoms with E-state index >= 15 is 0 Å². The Morgan fingerprint density at radius 1 is 1.00 bits per heavy atom. The van der Waals surface area contributed by atoms with Crippen LogP contribution >= 0.6 is 0 Å². The number of fused-ring (bicyclic) bond motifs is 1. The lowest BCUT2D eigenvalue weighted by Crippen LogP contribution is -2.25. The highest BCUT2D eigenvalue weighted by atomic mass is 16.3. The van der Waals surface area contributed by atoms with E-state index in [0.29, 0.717) is 6.42 Å². The second kappa shape index (κ2) is 5.66. The fourth-order valence-electron chi connectivity index (χ4n) is 1.94. The van der Waals surface area contributed by atoms with Crippen molar-refractivity contribution in [2.75, 3.05) is 18.5 Å². The summed E-state index contributed by atoms with van der Waals surface area (Å²) in [7, 11) is 0. The van der Waals surface area contributed by atoms with Gasteiger partial charge >= 0.3 is 0 Å². The predicted octanol–water partition coefficient (Wildman–Crippen LogP) is 1.99. The van der Waals surface area contributed by atoms with E-state index in [4.69, 9.17) is 5.11 Å².